The predicted octanol–water partition coefficient (Wildman–Crippen LogP) is 4.71. The molecule has 158 valence electrons. The highest BCUT2D eigenvalue weighted by Gasteiger charge is 2.34. The number of nitrogens with zero attached hydrogens (tertiary/aromatic N) is 3. The van der Waals surface area contributed by atoms with Gasteiger partial charge in [0.1, 0.15) is 21.3 Å². The van der Waals surface area contributed by atoms with Gasteiger partial charge in [-0.05, 0) is 63.1 Å². The molecule has 1 aromatic carbocycles. The average Bonchev–Trinajstić information content (AvgIpc) is 2.99. The Bertz CT molecular complexity index is 1310. The van der Waals surface area contributed by atoms with E-state index >= 15 is 0 Å². The smallest absolute Gasteiger partial charge is 0.269 e. The van der Waals surface area contributed by atoms with Crippen LogP contribution in [0.4, 0.5) is 0 Å². The third-order valence-corrected chi connectivity index (χ3v) is 6.20. The normalized spacial score (nSPS) is 15.5. The lowest BCUT2D eigenvalue weighted by molar-refractivity contribution is -0.123. The Hall–Kier alpha value is -2.97. The number of thiocarbonyl (C=S) groups is 1. The average molecular weight is 452 g/mol. The van der Waals surface area contributed by atoms with E-state index in [9.17, 15) is 9.59 Å². The minimum Gasteiger partial charge on any atom is -0.438 e. The van der Waals surface area contributed by atoms with Crippen LogP contribution >= 0.6 is 24.0 Å². The molecule has 8 heteroatoms. The van der Waals surface area contributed by atoms with Crippen LogP contribution in [0.1, 0.15) is 30.5 Å². The molecule has 1 fully saturated rings. The maximum Gasteiger partial charge on any atom is 0.269 e. The SMILES string of the molecule is Cc1cccc(Oc2nc3c(C)cccn3c(=O)c2/C=C2/SC(=S)N(C(C)C)C2=O)c1. The van der Waals surface area contributed by atoms with Gasteiger partial charge in [-0.1, -0.05) is 42.2 Å². The number of pyridine rings is 1. The molecule has 1 aliphatic heterocycles. The van der Waals surface area contributed by atoms with E-state index in [4.69, 9.17) is 17.0 Å². The van der Waals surface area contributed by atoms with E-state index in [2.05, 4.69) is 4.98 Å². The maximum absolute atomic E-state index is 13.4. The van der Waals surface area contributed by atoms with Crippen LogP contribution in [-0.4, -0.2) is 30.6 Å². The second kappa shape index (κ2) is 8.28. The summed E-state index contributed by atoms with van der Waals surface area (Å²) in [6.45, 7) is 7.63. The van der Waals surface area contributed by atoms with E-state index in [0.717, 1.165) is 11.1 Å². The van der Waals surface area contributed by atoms with Gasteiger partial charge in [0.15, 0.2) is 0 Å². The Balaban J connectivity index is 1.91. The fraction of sp³-hybridized carbons (Fsp3) is 0.217. The number of hydrogen-bond donors (Lipinski definition) is 0. The van der Waals surface area contributed by atoms with E-state index < -0.39 is 0 Å². The first kappa shape index (κ1) is 21.3. The summed E-state index contributed by atoms with van der Waals surface area (Å²) in [5.74, 6) is 0.495. The molecule has 0 spiro atoms. The number of fused-ring (bicyclic) bond motifs is 1. The summed E-state index contributed by atoms with van der Waals surface area (Å²) in [6.07, 6.45) is 3.20. The number of amides is 1. The van der Waals surface area contributed by atoms with Crippen LogP contribution in [0.25, 0.3) is 11.7 Å². The summed E-state index contributed by atoms with van der Waals surface area (Å²) in [4.78, 5) is 32.8. The zero-order valence-electron chi connectivity index (χ0n) is 17.6. The third kappa shape index (κ3) is 4.00. The molecule has 0 atom stereocenters. The van der Waals surface area contributed by atoms with Gasteiger partial charge in [-0.15, -0.1) is 0 Å². The zero-order chi connectivity index (χ0) is 22.3. The van der Waals surface area contributed by atoms with Gasteiger partial charge in [0.25, 0.3) is 11.5 Å². The van der Waals surface area contributed by atoms with Crippen LogP contribution in [0.5, 0.6) is 11.6 Å². The van der Waals surface area contributed by atoms with Crippen molar-refractivity contribution in [3.05, 3.63) is 74.5 Å². The van der Waals surface area contributed by atoms with Crippen molar-refractivity contribution in [2.45, 2.75) is 33.7 Å². The van der Waals surface area contributed by atoms with Crippen LogP contribution in [0.3, 0.4) is 0 Å². The van der Waals surface area contributed by atoms with Crippen molar-refractivity contribution < 1.29 is 9.53 Å². The van der Waals surface area contributed by atoms with E-state index in [1.807, 2.05) is 52.0 Å². The monoisotopic (exact) mass is 451 g/mol. The van der Waals surface area contributed by atoms with Crippen molar-refractivity contribution in [1.82, 2.24) is 14.3 Å². The van der Waals surface area contributed by atoms with Crippen molar-refractivity contribution in [2.75, 3.05) is 0 Å². The minimum absolute atomic E-state index is 0.0695. The van der Waals surface area contributed by atoms with Crippen LogP contribution in [-0.2, 0) is 4.79 Å². The highest BCUT2D eigenvalue weighted by Crippen LogP contribution is 2.35. The number of aryl methyl sites for hydroxylation is 2. The fourth-order valence-electron chi connectivity index (χ4n) is 3.34. The van der Waals surface area contributed by atoms with Crippen LogP contribution in [0.2, 0.25) is 0 Å². The molecule has 6 nitrogen and oxygen atoms in total. The van der Waals surface area contributed by atoms with E-state index in [1.54, 1.807) is 23.2 Å². The van der Waals surface area contributed by atoms with Crippen LogP contribution in [0.15, 0.2) is 52.3 Å². The van der Waals surface area contributed by atoms with Gasteiger partial charge in [-0.2, -0.15) is 4.98 Å². The van der Waals surface area contributed by atoms with E-state index in [-0.39, 0.29) is 29.0 Å². The third-order valence-electron chi connectivity index (χ3n) is 4.87. The first-order chi connectivity index (χ1) is 14.8. The summed E-state index contributed by atoms with van der Waals surface area (Å²) in [7, 11) is 0. The largest absolute Gasteiger partial charge is 0.438 e. The number of aromatic nitrogens is 2. The lowest BCUT2D eigenvalue weighted by Gasteiger charge is -2.18. The maximum atomic E-state index is 13.4. The molecule has 31 heavy (non-hydrogen) atoms. The van der Waals surface area contributed by atoms with Gasteiger partial charge >= 0.3 is 0 Å². The quantitative estimate of drug-likeness (QED) is 0.423. The van der Waals surface area contributed by atoms with Gasteiger partial charge in [-0.25, -0.2) is 0 Å². The molecule has 1 aliphatic rings. The first-order valence-electron chi connectivity index (χ1n) is 9.80. The van der Waals surface area contributed by atoms with Crippen molar-refractivity contribution in [2.24, 2.45) is 0 Å². The van der Waals surface area contributed by atoms with Gasteiger partial charge in [0.05, 0.1) is 4.91 Å². The topological polar surface area (TPSA) is 63.9 Å². The van der Waals surface area contributed by atoms with Crippen LogP contribution < -0.4 is 10.3 Å². The van der Waals surface area contributed by atoms with E-state index in [1.165, 1.54) is 22.2 Å². The minimum atomic E-state index is -0.314. The molecule has 1 saturated heterocycles. The van der Waals surface area contributed by atoms with Gasteiger partial charge in [0.2, 0.25) is 5.88 Å². The first-order valence-corrected chi connectivity index (χ1v) is 11.0. The molecule has 0 N–H and O–H groups in total. The standard InChI is InChI=1S/C23H21N3O3S2/c1-13(2)26-22(28)18(31-23(26)30)12-17-20(29-16-9-5-7-14(3)11-16)24-19-15(4)8-6-10-25(19)21(17)27/h5-13H,1-4H3/b18-12+. The number of ether oxygens (including phenoxy) is 1. The molecule has 4 rings (SSSR count). The van der Waals surface area contributed by atoms with Crippen molar-refractivity contribution >= 4 is 45.9 Å². The summed E-state index contributed by atoms with van der Waals surface area (Å²) < 4.78 is 7.98. The molecule has 1 amide bonds. The summed E-state index contributed by atoms with van der Waals surface area (Å²) in [5, 5.41) is 0. The molecular formula is C23H21N3O3S2. The van der Waals surface area contributed by atoms with Crippen molar-refractivity contribution in [3.8, 4) is 11.6 Å². The highest BCUT2D eigenvalue weighted by atomic mass is 32.2. The predicted molar refractivity (Wildman–Crippen MR) is 128 cm³/mol. The Morgan fingerprint density at radius 1 is 1.16 bits per heavy atom. The number of carbonyl (C=O) groups excluding carboxylic acids is 1. The molecular weight excluding hydrogens is 430 g/mol. The number of thioether (sulfide) groups is 1. The summed E-state index contributed by atoms with van der Waals surface area (Å²) in [5.41, 5.74) is 2.25. The zero-order valence-corrected chi connectivity index (χ0v) is 19.2. The molecule has 0 radical (unpaired) electrons. The van der Waals surface area contributed by atoms with Gasteiger partial charge < -0.3 is 4.74 Å². The Morgan fingerprint density at radius 3 is 2.61 bits per heavy atom. The fourth-order valence-corrected chi connectivity index (χ4v) is 4.85. The lowest BCUT2D eigenvalue weighted by atomic mass is 10.2. The molecule has 0 unspecified atom stereocenters. The lowest BCUT2D eigenvalue weighted by Crippen LogP contribution is -2.34. The second-order valence-corrected chi connectivity index (χ2v) is 9.26. The highest BCUT2D eigenvalue weighted by molar-refractivity contribution is 8.26. The van der Waals surface area contributed by atoms with Crippen molar-refractivity contribution in [3.63, 3.8) is 0 Å². The van der Waals surface area contributed by atoms with E-state index in [0.29, 0.717) is 20.6 Å². The van der Waals surface area contributed by atoms with Gasteiger partial charge in [0, 0.05) is 12.2 Å². The van der Waals surface area contributed by atoms with Crippen molar-refractivity contribution in [1.29, 1.82) is 0 Å². The molecule has 3 heterocycles. The Labute approximate surface area is 189 Å². The van der Waals surface area contributed by atoms with Crippen LogP contribution in [0, 0.1) is 13.8 Å². The number of benzene rings is 1. The summed E-state index contributed by atoms with van der Waals surface area (Å²) >= 11 is 6.54. The molecule has 0 saturated carbocycles. The molecule has 3 aromatic rings. The Kier molecular flexibility index (Phi) is 5.68. The molecule has 0 aliphatic carbocycles. The number of carbonyl (C=O) groups is 1. The molecule has 2 aromatic heterocycles. The summed E-state index contributed by atoms with van der Waals surface area (Å²) in [6, 6.07) is 11.1. The molecule has 0 bridgehead atoms. The second-order valence-electron chi connectivity index (χ2n) is 7.58. The van der Waals surface area contributed by atoms with Gasteiger partial charge in [-0.3, -0.25) is 18.9 Å². The Morgan fingerprint density at radius 2 is 1.94 bits per heavy atom. The number of hydrogen-bond acceptors (Lipinski definition) is 6. The number of rotatable bonds is 4.